The molecule has 2 N–H and O–H groups in total. The normalized spacial score (nSPS) is 18.0. The Morgan fingerprint density at radius 2 is 2.10 bits per heavy atom. The summed E-state index contributed by atoms with van der Waals surface area (Å²) in [5, 5.41) is 12.9. The van der Waals surface area contributed by atoms with Crippen molar-refractivity contribution in [2.24, 2.45) is 5.92 Å². The molecule has 3 nitrogen and oxygen atoms in total. The molecule has 1 saturated heterocycles. The molecule has 1 aliphatic heterocycles. The number of halogens is 1. The Kier molecular flexibility index (Phi) is 6.00. The number of nitrogens with one attached hydrogen (secondary N) is 1. The first-order valence-electron chi connectivity index (χ1n) is 8.02. The molecule has 1 fully saturated rings. The number of piperidine rings is 1. The van der Waals surface area contributed by atoms with Gasteiger partial charge in [-0.25, -0.2) is 4.39 Å². The van der Waals surface area contributed by atoms with E-state index in [9.17, 15) is 9.50 Å². The zero-order chi connectivity index (χ0) is 15.2. The van der Waals surface area contributed by atoms with Gasteiger partial charge in [-0.2, -0.15) is 0 Å². The minimum absolute atomic E-state index is 0.158. The number of rotatable bonds is 6. The molecule has 1 aliphatic rings. The van der Waals surface area contributed by atoms with Crippen LogP contribution in [0.4, 0.5) is 10.1 Å². The highest BCUT2D eigenvalue weighted by atomic mass is 19.1. The third-order valence-electron chi connectivity index (χ3n) is 4.34. The van der Waals surface area contributed by atoms with Gasteiger partial charge in [0.15, 0.2) is 0 Å². The maximum atomic E-state index is 14.3. The minimum Gasteiger partial charge on any atom is -0.393 e. The van der Waals surface area contributed by atoms with Crippen LogP contribution in [0.25, 0.3) is 0 Å². The Labute approximate surface area is 127 Å². The Morgan fingerprint density at radius 1 is 1.38 bits per heavy atom. The molecule has 1 aromatic rings. The second kappa shape index (κ2) is 7.76. The molecule has 0 aliphatic carbocycles. The third kappa shape index (κ3) is 4.68. The van der Waals surface area contributed by atoms with E-state index in [2.05, 4.69) is 19.2 Å². The van der Waals surface area contributed by atoms with Gasteiger partial charge in [0.1, 0.15) is 5.82 Å². The second-order valence-corrected chi connectivity index (χ2v) is 6.15. The maximum absolute atomic E-state index is 14.3. The molecule has 2 rings (SSSR count). The summed E-state index contributed by atoms with van der Waals surface area (Å²) in [4.78, 5) is 2.03. The van der Waals surface area contributed by atoms with Crippen molar-refractivity contribution in [3.8, 4) is 0 Å². The number of aliphatic hydroxyl groups excluding tert-OH is 1. The fraction of sp³-hybridized carbons (Fsp3) is 0.647. The molecular weight excluding hydrogens is 267 g/mol. The van der Waals surface area contributed by atoms with Gasteiger partial charge in [-0.15, -0.1) is 0 Å². The Balaban J connectivity index is 1.91. The van der Waals surface area contributed by atoms with Crippen molar-refractivity contribution in [3.63, 3.8) is 0 Å². The fourth-order valence-electron chi connectivity index (χ4n) is 2.63. The number of hydrogen-bond donors (Lipinski definition) is 2. The van der Waals surface area contributed by atoms with E-state index in [0.29, 0.717) is 18.2 Å². The molecule has 1 atom stereocenters. The van der Waals surface area contributed by atoms with Gasteiger partial charge in [0, 0.05) is 19.6 Å². The van der Waals surface area contributed by atoms with Crippen LogP contribution in [0.2, 0.25) is 0 Å². The van der Waals surface area contributed by atoms with Crippen molar-refractivity contribution in [2.45, 2.75) is 45.8 Å². The SMILES string of the molecule is CCC(C)CNCc1ccc(N2CCC(O)CC2)c(F)c1. The summed E-state index contributed by atoms with van der Waals surface area (Å²) < 4.78 is 14.3. The summed E-state index contributed by atoms with van der Waals surface area (Å²) in [5.41, 5.74) is 1.64. The maximum Gasteiger partial charge on any atom is 0.146 e. The van der Waals surface area contributed by atoms with Crippen LogP contribution in [0.5, 0.6) is 0 Å². The minimum atomic E-state index is -0.228. The molecule has 0 amide bonds. The van der Waals surface area contributed by atoms with E-state index in [1.807, 2.05) is 17.0 Å². The van der Waals surface area contributed by atoms with Crippen molar-refractivity contribution >= 4 is 5.69 Å². The van der Waals surface area contributed by atoms with Gasteiger partial charge in [0.2, 0.25) is 0 Å². The van der Waals surface area contributed by atoms with Gasteiger partial charge in [-0.05, 0) is 43.0 Å². The van der Waals surface area contributed by atoms with Crippen molar-refractivity contribution in [1.82, 2.24) is 5.32 Å². The average Bonchev–Trinajstić information content (AvgIpc) is 2.48. The summed E-state index contributed by atoms with van der Waals surface area (Å²) in [6.07, 6.45) is 2.37. The van der Waals surface area contributed by atoms with Gasteiger partial charge in [0.05, 0.1) is 11.8 Å². The van der Waals surface area contributed by atoms with Crippen molar-refractivity contribution in [3.05, 3.63) is 29.6 Å². The first kappa shape index (κ1) is 16.2. The topological polar surface area (TPSA) is 35.5 Å². The first-order chi connectivity index (χ1) is 10.1. The Morgan fingerprint density at radius 3 is 2.71 bits per heavy atom. The second-order valence-electron chi connectivity index (χ2n) is 6.15. The molecule has 0 radical (unpaired) electrons. The predicted octanol–water partition coefficient (Wildman–Crippen LogP) is 2.92. The lowest BCUT2D eigenvalue weighted by Gasteiger charge is -2.31. The van der Waals surface area contributed by atoms with Crippen LogP contribution in [-0.4, -0.2) is 30.8 Å². The molecule has 0 spiro atoms. The van der Waals surface area contributed by atoms with Gasteiger partial charge in [0.25, 0.3) is 0 Å². The zero-order valence-corrected chi connectivity index (χ0v) is 13.1. The lowest BCUT2D eigenvalue weighted by Crippen LogP contribution is -2.36. The molecule has 1 aromatic carbocycles. The van der Waals surface area contributed by atoms with Crippen molar-refractivity contribution in [2.75, 3.05) is 24.5 Å². The quantitative estimate of drug-likeness (QED) is 0.847. The van der Waals surface area contributed by atoms with Gasteiger partial charge >= 0.3 is 0 Å². The summed E-state index contributed by atoms with van der Waals surface area (Å²) in [6.45, 7) is 7.51. The van der Waals surface area contributed by atoms with E-state index < -0.39 is 0 Å². The van der Waals surface area contributed by atoms with Crippen LogP contribution in [0.3, 0.4) is 0 Å². The molecule has 0 saturated carbocycles. The van der Waals surface area contributed by atoms with Gasteiger partial charge in [-0.1, -0.05) is 26.3 Å². The number of hydrogen-bond acceptors (Lipinski definition) is 3. The van der Waals surface area contributed by atoms with Crippen LogP contribution >= 0.6 is 0 Å². The van der Waals surface area contributed by atoms with E-state index >= 15 is 0 Å². The summed E-state index contributed by atoms with van der Waals surface area (Å²) >= 11 is 0. The Hall–Kier alpha value is -1.13. The molecule has 0 bridgehead atoms. The summed E-state index contributed by atoms with van der Waals surface area (Å²) in [7, 11) is 0. The van der Waals surface area contributed by atoms with E-state index in [1.54, 1.807) is 6.07 Å². The highest BCUT2D eigenvalue weighted by Gasteiger charge is 2.19. The van der Waals surface area contributed by atoms with E-state index in [4.69, 9.17) is 0 Å². The van der Waals surface area contributed by atoms with Crippen molar-refractivity contribution < 1.29 is 9.50 Å². The smallest absolute Gasteiger partial charge is 0.146 e. The van der Waals surface area contributed by atoms with E-state index in [1.165, 1.54) is 0 Å². The zero-order valence-electron chi connectivity index (χ0n) is 13.1. The fourth-order valence-corrected chi connectivity index (χ4v) is 2.63. The first-order valence-corrected chi connectivity index (χ1v) is 8.02. The lowest BCUT2D eigenvalue weighted by atomic mass is 10.1. The number of aliphatic hydroxyl groups is 1. The average molecular weight is 294 g/mol. The predicted molar refractivity (Wildman–Crippen MR) is 85.0 cm³/mol. The standard InChI is InChI=1S/C17H27FN2O/c1-3-13(2)11-19-12-14-4-5-17(16(18)10-14)20-8-6-15(21)7-9-20/h4-5,10,13,15,19,21H,3,6-9,11-12H2,1-2H3. The lowest BCUT2D eigenvalue weighted by molar-refractivity contribution is 0.145. The molecule has 118 valence electrons. The molecule has 1 heterocycles. The molecule has 1 unspecified atom stereocenters. The Bertz CT molecular complexity index is 444. The largest absolute Gasteiger partial charge is 0.393 e. The molecule has 0 aromatic heterocycles. The van der Waals surface area contributed by atoms with Gasteiger partial charge < -0.3 is 15.3 Å². The van der Waals surface area contributed by atoms with E-state index in [-0.39, 0.29) is 11.9 Å². The van der Waals surface area contributed by atoms with Crippen LogP contribution < -0.4 is 10.2 Å². The van der Waals surface area contributed by atoms with Crippen LogP contribution in [0.1, 0.15) is 38.7 Å². The molecule has 21 heavy (non-hydrogen) atoms. The van der Waals surface area contributed by atoms with Crippen LogP contribution in [0, 0.1) is 11.7 Å². The third-order valence-corrected chi connectivity index (χ3v) is 4.34. The highest BCUT2D eigenvalue weighted by molar-refractivity contribution is 5.49. The highest BCUT2D eigenvalue weighted by Crippen LogP contribution is 2.24. The molecular formula is C17H27FN2O. The number of nitrogens with zero attached hydrogens (tertiary/aromatic N) is 1. The van der Waals surface area contributed by atoms with Crippen LogP contribution in [0.15, 0.2) is 18.2 Å². The molecule has 4 heteroatoms. The summed E-state index contributed by atoms with van der Waals surface area (Å²) in [5.74, 6) is 0.489. The monoisotopic (exact) mass is 294 g/mol. The van der Waals surface area contributed by atoms with Crippen LogP contribution in [-0.2, 0) is 6.54 Å². The number of benzene rings is 1. The van der Waals surface area contributed by atoms with Gasteiger partial charge in [-0.3, -0.25) is 0 Å². The van der Waals surface area contributed by atoms with Crippen molar-refractivity contribution in [1.29, 1.82) is 0 Å². The summed E-state index contributed by atoms with van der Waals surface area (Å²) in [6, 6.07) is 5.49. The van der Waals surface area contributed by atoms with E-state index in [0.717, 1.165) is 44.5 Å². The number of anilines is 1.